The molecule has 0 aromatic heterocycles. The van der Waals surface area contributed by atoms with E-state index in [0.29, 0.717) is 17.8 Å². The molecule has 2 unspecified atom stereocenters. The lowest BCUT2D eigenvalue weighted by Gasteiger charge is -2.27. The van der Waals surface area contributed by atoms with Crippen LogP contribution in [0, 0.1) is 5.92 Å². The van der Waals surface area contributed by atoms with Crippen LogP contribution in [-0.2, 0) is 14.8 Å². The van der Waals surface area contributed by atoms with Gasteiger partial charge < -0.3 is 11.1 Å². The Morgan fingerprint density at radius 1 is 1.17 bits per heavy atom. The average Bonchev–Trinajstić information content (AvgIpc) is 2.42. The molecule has 1 aromatic rings. The molecule has 0 radical (unpaired) electrons. The quantitative estimate of drug-likeness (QED) is 0.749. The fourth-order valence-electron chi connectivity index (χ4n) is 2.78. The smallest absolute Gasteiger partial charge is 0.229 e. The van der Waals surface area contributed by atoms with Crippen LogP contribution >= 0.6 is 12.4 Å². The molecule has 130 valence electrons. The minimum Gasteiger partial charge on any atom is -0.327 e. The van der Waals surface area contributed by atoms with Gasteiger partial charge in [0.25, 0.3) is 0 Å². The second kappa shape index (κ2) is 8.52. The topological polar surface area (TPSA) is 101 Å². The van der Waals surface area contributed by atoms with Crippen molar-refractivity contribution in [2.75, 3.05) is 16.3 Å². The number of rotatable bonds is 5. The summed E-state index contributed by atoms with van der Waals surface area (Å²) in [6.07, 6.45) is 5.81. The van der Waals surface area contributed by atoms with Crippen molar-refractivity contribution < 1.29 is 13.2 Å². The Hall–Kier alpha value is -1.31. The second-order valence-electron chi connectivity index (χ2n) is 5.91. The van der Waals surface area contributed by atoms with Crippen LogP contribution in [-0.4, -0.2) is 26.6 Å². The number of amides is 1. The van der Waals surface area contributed by atoms with Crippen molar-refractivity contribution in [3.8, 4) is 0 Å². The molecule has 23 heavy (non-hydrogen) atoms. The van der Waals surface area contributed by atoms with Gasteiger partial charge in [-0.2, -0.15) is 0 Å². The first-order valence-corrected chi connectivity index (χ1v) is 9.36. The molecule has 6 nitrogen and oxygen atoms in total. The standard InChI is InChI=1S/C15H23N3O3S.ClH/c1-22(20,21)18-13-8-6-12(7-9-13)17-15(19)10-11-4-2-3-5-14(11)16;/h6-9,11,14,18H,2-5,10,16H2,1H3,(H,17,19);1H. The first kappa shape index (κ1) is 19.7. The highest BCUT2D eigenvalue weighted by molar-refractivity contribution is 7.92. The van der Waals surface area contributed by atoms with Crippen LogP contribution in [0.4, 0.5) is 11.4 Å². The monoisotopic (exact) mass is 361 g/mol. The number of sulfonamides is 1. The van der Waals surface area contributed by atoms with Gasteiger partial charge in [-0.05, 0) is 43.0 Å². The first-order chi connectivity index (χ1) is 10.3. The van der Waals surface area contributed by atoms with Gasteiger partial charge in [-0.25, -0.2) is 8.42 Å². The largest absolute Gasteiger partial charge is 0.327 e. The third kappa shape index (κ3) is 6.76. The highest BCUT2D eigenvalue weighted by Crippen LogP contribution is 2.26. The van der Waals surface area contributed by atoms with Crippen LogP contribution in [0.5, 0.6) is 0 Å². The van der Waals surface area contributed by atoms with Gasteiger partial charge in [0.15, 0.2) is 0 Å². The zero-order valence-corrected chi connectivity index (χ0v) is 14.8. The lowest BCUT2D eigenvalue weighted by Crippen LogP contribution is -2.35. The zero-order chi connectivity index (χ0) is 16.2. The molecule has 0 spiro atoms. The third-order valence-corrected chi connectivity index (χ3v) is 4.49. The van der Waals surface area contributed by atoms with Gasteiger partial charge in [0.2, 0.25) is 15.9 Å². The molecule has 1 aliphatic rings. The van der Waals surface area contributed by atoms with E-state index in [0.717, 1.165) is 31.9 Å². The molecule has 0 aliphatic heterocycles. The summed E-state index contributed by atoms with van der Waals surface area (Å²) in [4.78, 5) is 12.1. The minimum absolute atomic E-state index is 0. The van der Waals surface area contributed by atoms with Crippen molar-refractivity contribution in [2.45, 2.75) is 38.1 Å². The fourth-order valence-corrected chi connectivity index (χ4v) is 3.34. The summed E-state index contributed by atoms with van der Waals surface area (Å²) in [5.41, 5.74) is 7.17. The number of carbonyl (C=O) groups excluding carboxylic acids is 1. The van der Waals surface area contributed by atoms with Crippen molar-refractivity contribution in [2.24, 2.45) is 11.7 Å². The maximum atomic E-state index is 12.1. The Morgan fingerprint density at radius 3 is 2.30 bits per heavy atom. The van der Waals surface area contributed by atoms with Crippen LogP contribution < -0.4 is 15.8 Å². The molecule has 0 saturated heterocycles. The average molecular weight is 362 g/mol. The van der Waals surface area contributed by atoms with Crippen LogP contribution in [0.1, 0.15) is 32.1 Å². The van der Waals surface area contributed by atoms with Crippen molar-refractivity contribution >= 4 is 39.7 Å². The van der Waals surface area contributed by atoms with Crippen LogP contribution in [0.15, 0.2) is 24.3 Å². The van der Waals surface area contributed by atoms with Gasteiger partial charge in [-0.3, -0.25) is 9.52 Å². The van der Waals surface area contributed by atoms with Gasteiger partial charge in [0.05, 0.1) is 6.26 Å². The Morgan fingerprint density at radius 2 is 1.74 bits per heavy atom. The normalized spacial score (nSPS) is 21.1. The van der Waals surface area contributed by atoms with E-state index < -0.39 is 10.0 Å². The number of halogens is 1. The van der Waals surface area contributed by atoms with E-state index in [1.54, 1.807) is 24.3 Å². The van der Waals surface area contributed by atoms with Crippen LogP contribution in [0.25, 0.3) is 0 Å². The third-order valence-electron chi connectivity index (χ3n) is 3.89. The van der Waals surface area contributed by atoms with Crippen LogP contribution in [0.3, 0.4) is 0 Å². The predicted octanol–water partition coefficient (Wildman–Crippen LogP) is 2.33. The fraction of sp³-hybridized carbons (Fsp3) is 0.533. The summed E-state index contributed by atoms with van der Waals surface area (Å²) in [7, 11) is -3.29. The summed E-state index contributed by atoms with van der Waals surface area (Å²) in [5.74, 6) is 0.200. The number of benzene rings is 1. The van der Waals surface area contributed by atoms with Crippen molar-refractivity contribution in [3.63, 3.8) is 0 Å². The lowest BCUT2D eigenvalue weighted by atomic mass is 9.83. The van der Waals surface area contributed by atoms with E-state index in [4.69, 9.17) is 5.73 Å². The number of carbonyl (C=O) groups is 1. The number of nitrogens with one attached hydrogen (secondary N) is 2. The summed E-state index contributed by atoms with van der Waals surface area (Å²) < 4.78 is 24.6. The maximum Gasteiger partial charge on any atom is 0.229 e. The Bertz CT molecular complexity index is 619. The number of nitrogens with two attached hydrogens (primary N) is 1. The molecule has 2 atom stereocenters. The number of hydrogen-bond acceptors (Lipinski definition) is 4. The SMILES string of the molecule is CS(=O)(=O)Nc1ccc(NC(=O)CC2CCCCC2N)cc1.Cl. The summed E-state index contributed by atoms with van der Waals surface area (Å²) >= 11 is 0. The Kier molecular flexibility index (Phi) is 7.31. The molecule has 1 aromatic carbocycles. The maximum absolute atomic E-state index is 12.1. The van der Waals surface area contributed by atoms with E-state index in [9.17, 15) is 13.2 Å². The van der Waals surface area contributed by atoms with E-state index in [-0.39, 0.29) is 30.3 Å². The molecule has 0 bridgehead atoms. The second-order valence-corrected chi connectivity index (χ2v) is 7.66. The van der Waals surface area contributed by atoms with Crippen molar-refractivity contribution in [3.05, 3.63) is 24.3 Å². The lowest BCUT2D eigenvalue weighted by molar-refractivity contribution is -0.117. The van der Waals surface area contributed by atoms with E-state index in [2.05, 4.69) is 10.0 Å². The number of hydrogen-bond donors (Lipinski definition) is 3. The van der Waals surface area contributed by atoms with Crippen molar-refractivity contribution in [1.29, 1.82) is 0 Å². The van der Waals surface area contributed by atoms with Gasteiger partial charge in [0.1, 0.15) is 0 Å². The molecule has 1 saturated carbocycles. The molecule has 1 fully saturated rings. The molecule has 4 N–H and O–H groups in total. The van der Waals surface area contributed by atoms with Crippen molar-refractivity contribution in [1.82, 2.24) is 0 Å². The minimum atomic E-state index is -3.29. The van der Waals surface area contributed by atoms with Gasteiger partial charge in [-0.15, -0.1) is 12.4 Å². The summed E-state index contributed by atoms with van der Waals surface area (Å²) in [6, 6.07) is 6.69. The Balaban J connectivity index is 0.00000264. The van der Waals surface area contributed by atoms with E-state index >= 15 is 0 Å². The molecular formula is C15H24ClN3O3S. The van der Waals surface area contributed by atoms with Gasteiger partial charge >= 0.3 is 0 Å². The predicted molar refractivity (Wildman–Crippen MR) is 95.3 cm³/mol. The molecule has 1 amide bonds. The molecule has 2 rings (SSSR count). The van der Waals surface area contributed by atoms with Gasteiger partial charge in [0, 0.05) is 23.8 Å². The Labute approximate surface area is 143 Å². The summed E-state index contributed by atoms with van der Waals surface area (Å²) in [5, 5.41) is 2.83. The molecule has 0 heterocycles. The number of anilines is 2. The summed E-state index contributed by atoms with van der Waals surface area (Å²) in [6.45, 7) is 0. The van der Waals surface area contributed by atoms with Gasteiger partial charge in [-0.1, -0.05) is 12.8 Å². The molecular weight excluding hydrogens is 338 g/mol. The highest BCUT2D eigenvalue weighted by Gasteiger charge is 2.24. The molecule has 1 aliphatic carbocycles. The first-order valence-electron chi connectivity index (χ1n) is 7.47. The van der Waals surface area contributed by atoms with Crippen LogP contribution in [0.2, 0.25) is 0 Å². The van der Waals surface area contributed by atoms with E-state index in [1.807, 2.05) is 0 Å². The highest BCUT2D eigenvalue weighted by atomic mass is 35.5. The zero-order valence-electron chi connectivity index (χ0n) is 13.1. The molecule has 8 heteroatoms. The van der Waals surface area contributed by atoms with E-state index in [1.165, 1.54) is 0 Å².